The Kier molecular flexibility index (Phi) is 4.84. The van der Waals surface area contributed by atoms with Crippen LogP contribution < -0.4 is 15.5 Å². The molecule has 0 saturated heterocycles. The van der Waals surface area contributed by atoms with E-state index >= 15 is 0 Å². The number of fused-ring (bicyclic) bond motifs is 1. The van der Waals surface area contributed by atoms with E-state index in [4.69, 9.17) is 16.6 Å². The third kappa shape index (κ3) is 3.83. The first-order valence-corrected chi connectivity index (χ1v) is 8.94. The van der Waals surface area contributed by atoms with Crippen LogP contribution in [0.2, 0.25) is 5.02 Å². The Morgan fingerprint density at radius 3 is 2.93 bits per heavy atom. The van der Waals surface area contributed by atoms with E-state index in [0.717, 1.165) is 29.9 Å². The van der Waals surface area contributed by atoms with Crippen molar-refractivity contribution < 1.29 is 4.79 Å². The molecule has 0 radical (unpaired) electrons. The van der Waals surface area contributed by atoms with Crippen molar-refractivity contribution in [2.45, 2.75) is 6.42 Å². The second-order valence-electron chi connectivity index (χ2n) is 6.07. The molecular weight excluding hydrogens is 364 g/mol. The van der Waals surface area contributed by atoms with Gasteiger partial charge < -0.3 is 10.6 Å². The summed E-state index contributed by atoms with van der Waals surface area (Å²) < 4.78 is 0. The Morgan fingerprint density at radius 1 is 1.19 bits per heavy atom. The monoisotopic (exact) mass is 380 g/mol. The van der Waals surface area contributed by atoms with E-state index < -0.39 is 0 Å². The van der Waals surface area contributed by atoms with Gasteiger partial charge in [0, 0.05) is 23.7 Å². The van der Waals surface area contributed by atoms with Gasteiger partial charge in [0.15, 0.2) is 5.82 Å². The van der Waals surface area contributed by atoms with Crippen LogP contribution in [0.1, 0.15) is 6.42 Å². The van der Waals surface area contributed by atoms with Gasteiger partial charge in [0.1, 0.15) is 0 Å². The number of carbonyl (C=O) groups excluding carboxylic acids is 1. The number of nitrogens with one attached hydrogen (secondary N) is 2. The number of rotatable bonds is 2. The molecule has 1 aliphatic rings. The summed E-state index contributed by atoms with van der Waals surface area (Å²) in [6.45, 7) is 1.32. The van der Waals surface area contributed by atoms with Crippen LogP contribution in [0.5, 0.6) is 0 Å². The number of amides is 2. The number of halogens is 1. The lowest BCUT2D eigenvalue weighted by Gasteiger charge is -2.22. The third-order valence-corrected chi connectivity index (χ3v) is 4.44. The minimum atomic E-state index is -0.260. The largest absolute Gasteiger partial charge is 0.382 e. The van der Waals surface area contributed by atoms with Gasteiger partial charge in [-0.25, -0.2) is 9.78 Å². The minimum Gasteiger partial charge on any atom is -0.382 e. The van der Waals surface area contributed by atoms with Crippen LogP contribution in [0.4, 0.5) is 22.0 Å². The lowest BCUT2D eigenvalue weighted by Crippen LogP contribution is -2.36. The van der Waals surface area contributed by atoms with Gasteiger partial charge in [-0.3, -0.25) is 4.90 Å². The van der Waals surface area contributed by atoms with E-state index in [2.05, 4.69) is 20.8 Å². The van der Waals surface area contributed by atoms with Crippen molar-refractivity contribution in [1.82, 2.24) is 15.2 Å². The van der Waals surface area contributed by atoms with Crippen LogP contribution in [-0.2, 0) is 0 Å². The summed E-state index contributed by atoms with van der Waals surface area (Å²) in [6, 6.07) is 12.8. The van der Waals surface area contributed by atoms with Crippen molar-refractivity contribution in [3.05, 3.63) is 59.9 Å². The quantitative estimate of drug-likeness (QED) is 0.700. The first-order valence-electron chi connectivity index (χ1n) is 8.57. The minimum absolute atomic E-state index is 0.260. The Bertz CT molecular complexity index is 965. The van der Waals surface area contributed by atoms with Gasteiger partial charge in [0.05, 0.1) is 29.5 Å². The van der Waals surface area contributed by atoms with Crippen LogP contribution >= 0.6 is 11.6 Å². The third-order valence-electron chi connectivity index (χ3n) is 4.21. The highest BCUT2D eigenvalue weighted by Gasteiger charge is 2.23. The second-order valence-corrected chi connectivity index (χ2v) is 6.51. The lowest BCUT2D eigenvalue weighted by atomic mass is 10.1. The molecule has 7 nitrogen and oxygen atoms in total. The molecule has 27 heavy (non-hydrogen) atoms. The molecule has 2 N–H and O–H groups in total. The maximum Gasteiger partial charge on any atom is 0.327 e. The highest BCUT2D eigenvalue weighted by molar-refractivity contribution is 6.30. The van der Waals surface area contributed by atoms with Gasteiger partial charge in [-0.2, -0.15) is 10.2 Å². The number of hydrogen-bond donors (Lipinski definition) is 2. The summed E-state index contributed by atoms with van der Waals surface area (Å²) in [7, 11) is 0. The second kappa shape index (κ2) is 7.59. The average Bonchev–Trinajstić information content (AvgIpc) is 2.90. The van der Waals surface area contributed by atoms with Crippen molar-refractivity contribution in [2.75, 3.05) is 28.6 Å². The fourth-order valence-electron chi connectivity index (χ4n) is 2.92. The molecule has 4 rings (SSSR count). The maximum atomic E-state index is 12.9. The number of hydrogen-bond acceptors (Lipinski definition) is 5. The molecule has 3 heterocycles. The van der Waals surface area contributed by atoms with Crippen LogP contribution in [-0.4, -0.2) is 34.3 Å². The molecule has 0 spiro atoms. The number of carbonyl (C=O) groups is 1. The first kappa shape index (κ1) is 17.2. The fourth-order valence-corrected chi connectivity index (χ4v) is 3.11. The molecule has 0 saturated carbocycles. The number of urea groups is 1. The smallest absolute Gasteiger partial charge is 0.327 e. The van der Waals surface area contributed by atoms with E-state index in [1.165, 1.54) is 12.4 Å². The molecular formula is C19H17ClN6O. The summed E-state index contributed by atoms with van der Waals surface area (Å²) in [5.41, 5.74) is 3.05. The molecule has 3 aromatic rings. The van der Waals surface area contributed by atoms with E-state index in [1.54, 1.807) is 11.0 Å². The highest BCUT2D eigenvalue weighted by Crippen LogP contribution is 2.31. The van der Waals surface area contributed by atoms with Crippen LogP contribution in [0.3, 0.4) is 0 Å². The molecule has 2 aromatic heterocycles. The molecule has 0 atom stereocenters. The van der Waals surface area contributed by atoms with Crippen LogP contribution in [0, 0.1) is 0 Å². The van der Waals surface area contributed by atoms with Crippen molar-refractivity contribution >= 4 is 34.8 Å². The van der Waals surface area contributed by atoms with Gasteiger partial charge in [-0.1, -0.05) is 23.7 Å². The van der Waals surface area contributed by atoms with Gasteiger partial charge in [0.25, 0.3) is 0 Å². The Hall–Kier alpha value is -3.19. The summed E-state index contributed by atoms with van der Waals surface area (Å²) >= 11 is 6.11. The molecule has 2 amide bonds. The summed E-state index contributed by atoms with van der Waals surface area (Å²) in [5, 5.41) is 14.3. The molecule has 0 fully saturated rings. The zero-order chi connectivity index (χ0) is 18.6. The predicted molar refractivity (Wildman–Crippen MR) is 106 cm³/mol. The summed E-state index contributed by atoms with van der Waals surface area (Å²) in [5.74, 6) is 0.587. The maximum absolute atomic E-state index is 12.9. The first-order chi connectivity index (χ1) is 13.2. The summed E-state index contributed by atoms with van der Waals surface area (Å²) in [6.07, 6.45) is 3.85. The van der Waals surface area contributed by atoms with Gasteiger partial charge >= 0.3 is 6.03 Å². The average molecular weight is 381 g/mol. The summed E-state index contributed by atoms with van der Waals surface area (Å²) in [4.78, 5) is 19.3. The normalized spacial score (nSPS) is 13.3. The number of benzene rings is 1. The molecule has 8 heteroatoms. The van der Waals surface area contributed by atoms with Crippen molar-refractivity contribution in [3.8, 4) is 11.3 Å². The highest BCUT2D eigenvalue weighted by atomic mass is 35.5. The van der Waals surface area contributed by atoms with E-state index in [1.807, 2.05) is 36.4 Å². The van der Waals surface area contributed by atoms with Crippen molar-refractivity contribution in [3.63, 3.8) is 0 Å². The van der Waals surface area contributed by atoms with Gasteiger partial charge in [0.2, 0.25) is 0 Å². The fraction of sp³-hybridized carbons (Fsp3) is 0.158. The lowest BCUT2D eigenvalue weighted by molar-refractivity contribution is 0.257. The van der Waals surface area contributed by atoms with Crippen LogP contribution in [0.25, 0.3) is 11.3 Å². The molecule has 0 unspecified atom stereocenters. The van der Waals surface area contributed by atoms with E-state index in [-0.39, 0.29) is 6.03 Å². The topological polar surface area (TPSA) is 83.0 Å². The van der Waals surface area contributed by atoms with Gasteiger partial charge in [-0.05, 0) is 36.8 Å². The Balaban J connectivity index is 1.69. The standard InChI is InChI=1S/C19H17ClN6O/c20-14-4-1-3-13(11-14)16-5-6-17-18(25-16)26(10-2-8-21-17)19(27)24-15-7-9-22-23-12-15/h1,3-7,9,11-12,21H,2,8,10H2,(H,22,24,27). The molecule has 1 aromatic carbocycles. The number of anilines is 3. The van der Waals surface area contributed by atoms with Crippen LogP contribution in [0.15, 0.2) is 54.9 Å². The van der Waals surface area contributed by atoms with E-state index in [0.29, 0.717) is 23.1 Å². The molecule has 0 bridgehead atoms. The zero-order valence-corrected chi connectivity index (χ0v) is 15.1. The zero-order valence-electron chi connectivity index (χ0n) is 14.4. The number of nitrogens with zero attached hydrogens (tertiary/aromatic N) is 4. The number of aromatic nitrogens is 3. The Morgan fingerprint density at radius 2 is 2.11 bits per heavy atom. The van der Waals surface area contributed by atoms with Gasteiger partial charge in [-0.15, -0.1) is 0 Å². The molecule has 136 valence electrons. The SMILES string of the molecule is O=C(Nc1ccnnc1)N1CCCNc2ccc(-c3cccc(Cl)c3)nc21. The number of pyridine rings is 1. The van der Waals surface area contributed by atoms with Crippen molar-refractivity contribution in [1.29, 1.82) is 0 Å². The Labute approximate surface area is 161 Å². The molecule has 0 aliphatic carbocycles. The van der Waals surface area contributed by atoms with E-state index in [9.17, 15) is 4.79 Å². The molecule has 1 aliphatic heterocycles. The van der Waals surface area contributed by atoms with Crippen molar-refractivity contribution in [2.24, 2.45) is 0 Å². The predicted octanol–water partition coefficient (Wildman–Crippen LogP) is 4.05.